The second kappa shape index (κ2) is 6.49. The van der Waals surface area contributed by atoms with E-state index in [1.165, 1.54) is 4.31 Å². The van der Waals surface area contributed by atoms with Gasteiger partial charge in [-0.25, -0.2) is 8.42 Å². The molecule has 0 bridgehead atoms. The lowest BCUT2D eigenvalue weighted by Gasteiger charge is -2.20. The summed E-state index contributed by atoms with van der Waals surface area (Å²) in [6.07, 6.45) is 0.718. The van der Waals surface area contributed by atoms with Gasteiger partial charge in [0.1, 0.15) is 0 Å². The molecule has 0 unspecified atom stereocenters. The molecule has 0 aliphatic heterocycles. The zero-order chi connectivity index (χ0) is 12.9. The van der Waals surface area contributed by atoms with Crippen LogP contribution in [0.3, 0.4) is 0 Å². The smallest absolute Gasteiger partial charge is 0.243 e. The molecular weight excluding hydrogens is 306 g/mol. The molecule has 0 radical (unpaired) electrons. The molecule has 0 saturated heterocycles. The average molecular weight is 322 g/mol. The molecule has 4 nitrogen and oxygen atoms in total. The van der Waals surface area contributed by atoms with Crippen molar-refractivity contribution >= 4 is 26.0 Å². The number of nitrogens with zero attached hydrogens (tertiary/aromatic N) is 1. The van der Waals surface area contributed by atoms with Gasteiger partial charge in [0.15, 0.2) is 0 Å². The van der Waals surface area contributed by atoms with Crippen molar-refractivity contribution in [2.45, 2.75) is 18.2 Å². The summed E-state index contributed by atoms with van der Waals surface area (Å²) < 4.78 is 26.6. The van der Waals surface area contributed by atoms with E-state index in [-0.39, 0.29) is 18.0 Å². The fraction of sp³-hybridized carbons (Fsp3) is 0.455. The predicted octanol–water partition coefficient (Wildman–Crippen LogP) is 1.84. The Balaban J connectivity index is 3.02. The summed E-state index contributed by atoms with van der Waals surface area (Å²) in [5.74, 6) is 0. The highest BCUT2D eigenvalue weighted by Gasteiger charge is 2.22. The molecule has 17 heavy (non-hydrogen) atoms. The van der Waals surface area contributed by atoms with Crippen LogP contribution in [0, 0.1) is 0 Å². The molecule has 96 valence electrons. The van der Waals surface area contributed by atoms with Gasteiger partial charge in [-0.1, -0.05) is 22.9 Å². The first-order valence-corrected chi connectivity index (χ1v) is 7.62. The summed E-state index contributed by atoms with van der Waals surface area (Å²) in [5.41, 5.74) is 0. The van der Waals surface area contributed by atoms with E-state index in [9.17, 15) is 8.42 Å². The van der Waals surface area contributed by atoms with Crippen LogP contribution in [0.15, 0.2) is 33.6 Å². The minimum absolute atomic E-state index is 0.131. The van der Waals surface area contributed by atoms with Gasteiger partial charge >= 0.3 is 0 Å². The summed E-state index contributed by atoms with van der Waals surface area (Å²) in [7, 11) is -3.49. The van der Waals surface area contributed by atoms with E-state index in [1.54, 1.807) is 24.3 Å². The van der Waals surface area contributed by atoms with Crippen LogP contribution in [0.5, 0.6) is 0 Å². The first-order valence-electron chi connectivity index (χ1n) is 5.39. The van der Waals surface area contributed by atoms with Gasteiger partial charge in [0.05, 0.1) is 11.5 Å². The number of aliphatic hydroxyl groups excluding tert-OH is 1. The Labute approximate surface area is 110 Å². The zero-order valence-electron chi connectivity index (χ0n) is 9.63. The van der Waals surface area contributed by atoms with Crippen molar-refractivity contribution in [1.82, 2.24) is 4.31 Å². The van der Waals surface area contributed by atoms with Gasteiger partial charge in [0.2, 0.25) is 10.0 Å². The van der Waals surface area contributed by atoms with E-state index in [1.807, 2.05) is 6.92 Å². The normalized spacial score (nSPS) is 12.0. The highest BCUT2D eigenvalue weighted by atomic mass is 79.9. The summed E-state index contributed by atoms with van der Waals surface area (Å²) in [6.45, 7) is 2.28. The van der Waals surface area contributed by atoms with Crippen molar-refractivity contribution in [3.8, 4) is 0 Å². The Hall–Kier alpha value is -0.430. The molecule has 0 heterocycles. The van der Waals surface area contributed by atoms with Crippen LogP contribution in [-0.4, -0.2) is 37.5 Å². The Morgan fingerprint density at radius 3 is 2.29 bits per heavy atom. The predicted molar refractivity (Wildman–Crippen MR) is 70.3 cm³/mol. The fourth-order valence-corrected chi connectivity index (χ4v) is 3.26. The quantitative estimate of drug-likeness (QED) is 0.869. The summed E-state index contributed by atoms with van der Waals surface area (Å²) in [4.78, 5) is 0.252. The van der Waals surface area contributed by atoms with Gasteiger partial charge in [0.25, 0.3) is 0 Å². The molecule has 1 aromatic carbocycles. The molecule has 0 aromatic heterocycles. The lowest BCUT2D eigenvalue weighted by Crippen LogP contribution is -2.34. The van der Waals surface area contributed by atoms with Crippen molar-refractivity contribution in [3.63, 3.8) is 0 Å². The molecule has 0 amide bonds. The van der Waals surface area contributed by atoms with Crippen molar-refractivity contribution < 1.29 is 13.5 Å². The monoisotopic (exact) mass is 321 g/mol. The third-order valence-electron chi connectivity index (χ3n) is 2.27. The lowest BCUT2D eigenvalue weighted by atomic mass is 10.4. The maximum Gasteiger partial charge on any atom is 0.243 e. The summed E-state index contributed by atoms with van der Waals surface area (Å²) in [5, 5.41) is 8.90. The van der Waals surface area contributed by atoms with Crippen LogP contribution >= 0.6 is 15.9 Å². The van der Waals surface area contributed by atoms with Crippen LogP contribution in [0.25, 0.3) is 0 Å². The zero-order valence-corrected chi connectivity index (χ0v) is 12.0. The van der Waals surface area contributed by atoms with Crippen molar-refractivity contribution in [1.29, 1.82) is 0 Å². The topological polar surface area (TPSA) is 57.6 Å². The third-order valence-corrected chi connectivity index (χ3v) is 4.72. The van der Waals surface area contributed by atoms with E-state index in [2.05, 4.69) is 15.9 Å². The van der Waals surface area contributed by atoms with Gasteiger partial charge in [-0.3, -0.25) is 0 Å². The summed E-state index contributed by atoms with van der Waals surface area (Å²) in [6, 6.07) is 6.49. The first-order chi connectivity index (χ1) is 8.02. The van der Waals surface area contributed by atoms with Crippen LogP contribution in [0.1, 0.15) is 13.3 Å². The standard InChI is InChI=1S/C11H16BrNO3S/c1-2-7-13(8-9-14)17(15,16)11-5-3-10(12)4-6-11/h3-6,14H,2,7-9H2,1H3. The largest absolute Gasteiger partial charge is 0.395 e. The van der Waals surface area contributed by atoms with Gasteiger partial charge in [-0.15, -0.1) is 0 Å². The molecule has 0 aliphatic rings. The lowest BCUT2D eigenvalue weighted by molar-refractivity contribution is 0.253. The Bertz CT molecular complexity index is 438. The SMILES string of the molecule is CCCN(CCO)S(=O)(=O)c1ccc(Br)cc1. The fourth-order valence-electron chi connectivity index (χ4n) is 1.47. The van der Waals surface area contributed by atoms with Crippen molar-refractivity contribution in [2.24, 2.45) is 0 Å². The summed E-state index contributed by atoms with van der Waals surface area (Å²) >= 11 is 3.26. The van der Waals surface area contributed by atoms with Gasteiger partial charge in [0, 0.05) is 17.6 Å². The number of halogens is 1. The average Bonchev–Trinajstić information content (AvgIpc) is 2.29. The second-order valence-corrected chi connectivity index (χ2v) is 6.44. The molecule has 0 aliphatic carbocycles. The maximum absolute atomic E-state index is 12.2. The Morgan fingerprint density at radius 2 is 1.82 bits per heavy atom. The van der Waals surface area contributed by atoms with Gasteiger partial charge in [-0.2, -0.15) is 4.31 Å². The van der Waals surface area contributed by atoms with Crippen molar-refractivity contribution in [2.75, 3.05) is 19.7 Å². The Morgan fingerprint density at radius 1 is 1.24 bits per heavy atom. The first kappa shape index (κ1) is 14.6. The third kappa shape index (κ3) is 3.77. The van der Waals surface area contributed by atoms with Gasteiger partial charge < -0.3 is 5.11 Å². The number of rotatable bonds is 6. The number of aliphatic hydroxyl groups is 1. The van der Waals surface area contributed by atoms with Crippen molar-refractivity contribution in [3.05, 3.63) is 28.7 Å². The molecule has 0 atom stereocenters. The highest BCUT2D eigenvalue weighted by Crippen LogP contribution is 2.18. The van der Waals surface area contributed by atoms with Crippen LogP contribution in [0.4, 0.5) is 0 Å². The molecule has 0 fully saturated rings. The van der Waals surface area contributed by atoms with Crippen LogP contribution < -0.4 is 0 Å². The van der Waals surface area contributed by atoms with Crippen LogP contribution in [-0.2, 0) is 10.0 Å². The highest BCUT2D eigenvalue weighted by molar-refractivity contribution is 9.10. The number of sulfonamides is 1. The van der Waals surface area contributed by atoms with E-state index >= 15 is 0 Å². The minimum Gasteiger partial charge on any atom is -0.395 e. The number of benzene rings is 1. The van der Waals surface area contributed by atoms with Crippen LogP contribution in [0.2, 0.25) is 0 Å². The molecule has 6 heteroatoms. The van der Waals surface area contributed by atoms with Gasteiger partial charge in [-0.05, 0) is 30.7 Å². The molecule has 1 N–H and O–H groups in total. The maximum atomic E-state index is 12.2. The molecule has 1 rings (SSSR count). The van der Waals surface area contributed by atoms with E-state index < -0.39 is 10.0 Å². The number of hydrogen-bond acceptors (Lipinski definition) is 3. The van der Waals surface area contributed by atoms with E-state index in [0.29, 0.717) is 6.54 Å². The van der Waals surface area contributed by atoms with E-state index in [0.717, 1.165) is 10.9 Å². The minimum atomic E-state index is -3.49. The number of hydrogen-bond donors (Lipinski definition) is 1. The van der Waals surface area contributed by atoms with E-state index in [4.69, 9.17) is 5.11 Å². The molecule has 1 aromatic rings. The molecule has 0 spiro atoms. The Kier molecular flexibility index (Phi) is 5.58. The second-order valence-electron chi connectivity index (χ2n) is 3.58. The molecule has 0 saturated carbocycles. The molecular formula is C11H16BrNO3S.